The second kappa shape index (κ2) is 13.0. The zero-order chi connectivity index (χ0) is 24.2. The van der Waals surface area contributed by atoms with Crippen molar-refractivity contribution >= 4 is 11.8 Å². The van der Waals surface area contributed by atoms with Crippen molar-refractivity contribution < 1.29 is 23.8 Å². The molecule has 0 saturated carbocycles. The van der Waals surface area contributed by atoms with Gasteiger partial charge in [-0.15, -0.1) is 0 Å². The van der Waals surface area contributed by atoms with E-state index in [0.717, 1.165) is 5.56 Å². The van der Waals surface area contributed by atoms with Crippen LogP contribution in [0.15, 0.2) is 84.9 Å². The number of para-hydroxylation sites is 1. The van der Waals surface area contributed by atoms with Crippen molar-refractivity contribution in [3.8, 4) is 11.5 Å². The monoisotopic (exact) mass is 462 g/mol. The first-order valence-electron chi connectivity index (χ1n) is 11.0. The molecule has 0 aliphatic rings. The van der Waals surface area contributed by atoms with Crippen molar-refractivity contribution in [2.45, 2.75) is 12.6 Å². The van der Waals surface area contributed by atoms with E-state index >= 15 is 0 Å². The Balaban J connectivity index is 1.90. The molecule has 0 heterocycles. The molecular formula is C27H30N2O5. The number of hydrogen-bond donors (Lipinski definition) is 1. The van der Waals surface area contributed by atoms with Crippen LogP contribution in [0.5, 0.6) is 11.5 Å². The average molecular weight is 463 g/mol. The predicted octanol–water partition coefficient (Wildman–Crippen LogP) is 3.61. The fraction of sp³-hybridized carbons (Fsp3) is 0.259. The van der Waals surface area contributed by atoms with E-state index in [0.29, 0.717) is 30.2 Å². The van der Waals surface area contributed by atoms with Gasteiger partial charge < -0.3 is 24.4 Å². The normalized spacial score (nSPS) is 11.4. The average Bonchev–Trinajstić information content (AvgIpc) is 2.88. The minimum atomic E-state index is -0.841. The topological polar surface area (TPSA) is 77.1 Å². The largest absolute Gasteiger partial charge is 0.497 e. The van der Waals surface area contributed by atoms with Crippen LogP contribution < -0.4 is 14.8 Å². The number of hydrogen-bond acceptors (Lipinski definition) is 5. The molecule has 0 aliphatic heterocycles. The van der Waals surface area contributed by atoms with Crippen LogP contribution in [0.3, 0.4) is 0 Å². The molecule has 34 heavy (non-hydrogen) atoms. The minimum absolute atomic E-state index is 0.200. The Morgan fingerprint density at radius 3 is 2.12 bits per heavy atom. The molecule has 0 bridgehead atoms. The molecule has 0 fully saturated rings. The number of carbonyl (C=O) groups excluding carboxylic acids is 2. The lowest BCUT2D eigenvalue weighted by Gasteiger charge is -2.31. The highest BCUT2D eigenvalue weighted by Gasteiger charge is 2.31. The third kappa shape index (κ3) is 7.08. The SMILES string of the molecule is COCCNC(=O)[C@H](c1ccccc1)N(Cc1ccc(OC)cc1)C(=O)COc1ccccc1. The van der Waals surface area contributed by atoms with Gasteiger partial charge in [0, 0.05) is 20.2 Å². The molecule has 7 heteroatoms. The van der Waals surface area contributed by atoms with E-state index in [1.54, 1.807) is 31.3 Å². The quantitative estimate of drug-likeness (QED) is 0.416. The van der Waals surface area contributed by atoms with Crippen LogP contribution in [0.2, 0.25) is 0 Å². The first kappa shape index (κ1) is 24.8. The molecule has 0 aliphatic carbocycles. The summed E-state index contributed by atoms with van der Waals surface area (Å²) in [7, 11) is 3.17. The van der Waals surface area contributed by atoms with Gasteiger partial charge in [0.05, 0.1) is 13.7 Å². The summed E-state index contributed by atoms with van der Waals surface area (Å²) in [6.07, 6.45) is 0. The number of ether oxygens (including phenoxy) is 3. The van der Waals surface area contributed by atoms with Gasteiger partial charge in [0.25, 0.3) is 5.91 Å². The first-order chi connectivity index (χ1) is 16.6. The number of methoxy groups -OCH3 is 2. The Bertz CT molecular complexity index is 1030. The Morgan fingerprint density at radius 2 is 1.50 bits per heavy atom. The predicted molar refractivity (Wildman–Crippen MR) is 130 cm³/mol. The minimum Gasteiger partial charge on any atom is -0.497 e. The van der Waals surface area contributed by atoms with Crippen LogP contribution in [0.25, 0.3) is 0 Å². The summed E-state index contributed by atoms with van der Waals surface area (Å²) in [4.78, 5) is 28.3. The molecule has 3 aromatic rings. The van der Waals surface area contributed by atoms with E-state index in [1.807, 2.05) is 72.8 Å². The number of amides is 2. The third-order valence-electron chi connectivity index (χ3n) is 5.22. The number of benzene rings is 3. The molecule has 7 nitrogen and oxygen atoms in total. The van der Waals surface area contributed by atoms with E-state index in [-0.39, 0.29) is 25.0 Å². The standard InChI is InChI=1S/C27H30N2O5/c1-32-18-17-28-27(31)26(22-9-5-3-6-10-22)29(19-21-13-15-23(33-2)16-14-21)25(30)20-34-24-11-7-4-8-12-24/h3-16,26H,17-20H2,1-2H3,(H,28,31)/t26-/m0/s1. The van der Waals surface area contributed by atoms with Crippen LogP contribution >= 0.6 is 0 Å². The van der Waals surface area contributed by atoms with Crippen LogP contribution in [0.4, 0.5) is 0 Å². The second-order valence-corrected chi connectivity index (χ2v) is 7.57. The summed E-state index contributed by atoms with van der Waals surface area (Å²) in [6, 6.07) is 24.9. The Hall–Kier alpha value is -3.84. The third-order valence-corrected chi connectivity index (χ3v) is 5.22. The van der Waals surface area contributed by atoms with Crippen LogP contribution in [0, 0.1) is 0 Å². The zero-order valence-electron chi connectivity index (χ0n) is 19.5. The lowest BCUT2D eigenvalue weighted by molar-refractivity contribution is -0.143. The number of nitrogens with zero attached hydrogens (tertiary/aromatic N) is 1. The molecule has 1 atom stereocenters. The van der Waals surface area contributed by atoms with Gasteiger partial charge >= 0.3 is 0 Å². The Labute approximate surface area is 200 Å². The van der Waals surface area contributed by atoms with E-state index < -0.39 is 6.04 Å². The fourth-order valence-electron chi connectivity index (χ4n) is 3.48. The molecule has 3 aromatic carbocycles. The summed E-state index contributed by atoms with van der Waals surface area (Å²) < 4.78 is 16.0. The van der Waals surface area contributed by atoms with Crippen molar-refractivity contribution in [2.75, 3.05) is 34.0 Å². The summed E-state index contributed by atoms with van der Waals surface area (Å²) in [5.41, 5.74) is 1.57. The molecule has 0 saturated heterocycles. The van der Waals surface area contributed by atoms with E-state index in [4.69, 9.17) is 14.2 Å². The zero-order valence-corrected chi connectivity index (χ0v) is 19.5. The van der Waals surface area contributed by atoms with E-state index in [2.05, 4.69) is 5.32 Å². The molecule has 0 spiro atoms. The highest BCUT2D eigenvalue weighted by Crippen LogP contribution is 2.25. The second-order valence-electron chi connectivity index (χ2n) is 7.57. The maximum Gasteiger partial charge on any atom is 0.261 e. The number of carbonyl (C=O) groups is 2. The molecular weight excluding hydrogens is 432 g/mol. The summed E-state index contributed by atoms with van der Waals surface area (Å²) in [5, 5.41) is 2.88. The maximum absolute atomic E-state index is 13.5. The molecule has 0 unspecified atom stereocenters. The summed E-state index contributed by atoms with van der Waals surface area (Å²) >= 11 is 0. The highest BCUT2D eigenvalue weighted by atomic mass is 16.5. The van der Waals surface area contributed by atoms with E-state index in [9.17, 15) is 9.59 Å². The Morgan fingerprint density at radius 1 is 0.853 bits per heavy atom. The lowest BCUT2D eigenvalue weighted by Crippen LogP contribution is -2.45. The lowest BCUT2D eigenvalue weighted by atomic mass is 10.0. The van der Waals surface area contributed by atoms with Gasteiger partial charge in [-0.25, -0.2) is 0 Å². The fourth-order valence-corrected chi connectivity index (χ4v) is 3.48. The van der Waals surface area contributed by atoms with Gasteiger partial charge in [-0.05, 0) is 35.4 Å². The first-order valence-corrected chi connectivity index (χ1v) is 11.0. The molecule has 178 valence electrons. The van der Waals surface area contributed by atoms with Crippen LogP contribution in [-0.2, 0) is 20.9 Å². The van der Waals surface area contributed by atoms with Gasteiger partial charge in [-0.3, -0.25) is 9.59 Å². The molecule has 1 N–H and O–H groups in total. The van der Waals surface area contributed by atoms with Gasteiger partial charge in [-0.2, -0.15) is 0 Å². The Kier molecular flexibility index (Phi) is 9.49. The van der Waals surface area contributed by atoms with Crippen LogP contribution in [0.1, 0.15) is 17.2 Å². The van der Waals surface area contributed by atoms with Crippen LogP contribution in [-0.4, -0.2) is 50.7 Å². The molecule has 0 aromatic heterocycles. The van der Waals surface area contributed by atoms with Crippen molar-refractivity contribution in [1.29, 1.82) is 0 Å². The van der Waals surface area contributed by atoms with Gasteiger partial charge in [-0.1, -0.05) is 60.7 Å². The molecule has 3 rings (SSSR count). The van der Waals surface area contributed by atoms with Gasteiger partial charge in [0.2, 0.25) is 5.91 Å². The van der Waals surface area contributed by atoms with Gasteiger partial charge in [0.15, 0.2) is 6.61 Å². The number of nitrogens with one attached hydrogen (secondary N) is 1. The van der Waals surface area contributed by atoms with Crippen molar-refractivity contribution in [1.82, 2.24) is 10.2 Å². The molecule has 0 radical (unpaired) electrons. The smallest absolute Gasteiger partial charge is 0.261 e. The number of rotatable bonds is 12. The highest BCUT2D eigenvalue weighted by molar-refractivity contribution is 5.89. The van der Waals surface area contributed by atoms with E-state index in [1.165, 1.54) is 0 Å². The summed E-state index contributed by atoms with van der Waals surface area (Å²) in [5.74, 6) is 0.701. The molecule has 2 amide bonds. The van der Waals surface area contributed by atoms with Crippen molar-refractivity contribution in [3.05, 3.63) is 96.1 Å². The summed E-state index contributed by atoms with van der Waals surface area (Å²) in [6.45, 7) is 0.730. The van der Waals surface area contributed by atoms with Crippen molar-refractivity contribution in [2.24, 2.45) is 0 Å². The van der Waals surface area contributed by atoms with Crippen molar-refractivity contribution in [3.63, 3.8) is 0 Å². The van der Waals surface area contributed by atoms with Gasteiger partial charge in [0.1, 0.15) is 17.5 Å². The maximum atomic E-state index is 13.5.